The summed E-state index contributed by atoms with van der Waals surface area (Å²) in [5.74, 6) is -1.87. The smallest absolute Gasteiger partial charge is 0.364 e. The first-order valence-electron chi connectivity index (χ1n) is 7.00. The Kier molecular flexibility index (Phi) is 4.30. The lowest BCUT2D eigenvalue weighted by molar-refractivity contribution is -0.137. The number of aromatic nitrogens is 1. The molecule has 3 nitrogen and oxygen atoms in total. The van der Waals surface area contributed by atoms with Crippen molar-refractivity contribution in [2.75, 3.05) is 0 Å². The number of nitrogens with zero attached hydrogens (tertiary/aromatic N) is 1. The molecular weight excluding hydrogens is 356 g/mol. The van der Waals surface area contributed by atoms with Gasteiger partial charge < -0.3 is 5.73 Å². The second-order valence-corrected chi connectivity index (χ2v) is 6.12. The molecule has 0 aliphatic heterocycles. The van der Waals surface area contributed by atoms with Crippen LogP contribution in [0.25, 0.3) is 21.7 Å². The molecule has 1 heterocycles. The first-order valence-corrected chi connectivity index (χ1v) is 7.82. The molecule has 2 aromatic carbocycles. The van der Waals surface area contributed by atoms with E-state index in [-0.39, 0.29) is 16.3 Å². The van der Waals surface area contributed by atoms with Crippen LogP contribution in [0.2, 0.25) is 0 Å². The molecule has 0 aliphatic carbocycles. The lowest BCUT2D eigenvalue weighted by atomic mass is 10.0. The van der Waals surface area contributed by atoms with E-state index in [9.17, 15) is 22.4 Å². The van der Waals surface area contributed by atoms with Gasteiger partial charge in [0.25, 0.3) is 5.91 Å². The normalized spacial score (nSPS) is 11.5. The maximum absolute atomic E-state index is 14.3. The Labute approximate surface area is 143 Å². The van der Waals surface area contributed by atoms with E-state index in [0.717, 1.165) is 23.5 Å². The van der Waals surface area contributed by atoms with Gasteiger partial charge in [-0.15, -0.1) is 11.3 Å². The Morgan fingerprint density at radius 1 is 1.08 bits per heavy atom. The fourth-order valence-corrected chi connectivity index (χ4v) is 3.21. The van der Waals surface area contributed by atoms with E-state index in [4.69, 9.17) is 5.73 Å². The van der Waals surface area contributed by atoms with E-state index in [1.807, 2.05) is 0 Å². The second-order valence-electron chi connectivity index (χ2n) is 5.12. The van der Waals surface area contributed by atoms with Gasteiger partial charge in [-0.25, -0.2) is 9.37 Å². The fourth-order valence-electron chi connectivity index (χ4n) is 2.28. The third-order valence-corrected chi connectivity index (χ3v) is 4.54. The molecule has 8 heteroatoms. The summed E-state index contributed by atoms with van der Waals surface area (Å²) in [5.41, 5.74) is 4.75. The molecule has 2 N–H and O–H groups in total. The molecule has 25 heavy (non-hydrogen) atoms. The van der Waals surface area contributed by atoms with Crippen molar-refractivity contribution in [3.63, 3.8) is 0 Å². The van der Waals surface area contributed by atoms with E-state index in [1.165, 1.54) is 0 Å². The summed E-state index contributed by atoms with van der Waals surface area (Å²) in [6.07, 6.45) is -4.65. The molecule has 0 atom stereocenters. The molecule has 0 fully saturated rings. The number of alkyl halides is 3. The maximum atomic E-state index is 14.3. The largest absolute Gasteiger partial charge is 0.416 e. The van der Waals surface area contributed by atoms with E-state index >= 15 is 0 Å². The monoisotopic (exact) mass is 366 g/mol. The lowest BCUT2D eigenvalue weighted by Crippen LogP contribution is -2.10. The average Bonchev–Trinajstić information content (AvgIpc) is 3.00. The van der Waals surface area contributed by atoms with Crippen LogP contribution in [-0.4, -0.2) is 10.9 Å². The number of thiazole rings is 1. The summed E-state index contributed by atoms with van der Waals surface area (Å²) in [6.45, 7) is 0. The van der Waals surface area contributed by atoms with E-state index in [1.54, 1.807) is 30.3 Å². The zero-order chi connectivity index (χ0) is 18.2. The lowest BCUT2D eigenvalue weighted by Gasteiger charge is -2.09. The Balaban J connectivity index is 2.19. The van der Waals surface area contributed by atoms with Crippen LogP contribution in [-0.2, 0) is 6.18 Å². The quantitative estimate of drug-likeness (QED) is 0.681. The zero-order valence-electron chi connectivity index (χ0n) is 12.5. The van der Waals surface area contributed by atoms with Crippen molar-refractivity contribution in [3.8, 4) is 21.7 Å². The molecule has 3 rings (SSSR count). The summed E-state index contributed by atoms with van der Waals surface area (Å²) in [6, 6.07) is 10.9. The first kappa shape index (κ1) is 17.1. The van der Waals surface area contributed by atoms with Gasteiger partial charge in [0.2, 0.25) is 0 Å². The molecule has 0 radical (unpaired) electrons. The number of rotatable bonds is 3. The van der Waals surface area contributed by atoms with Crippen LogP contribution in [0, 0.1) is 5.82 Å². The van der Waals surface area contributed by atoms with Crippen LogP contribution in [0.3, 0.4) is 0 Å². The summed E-state index contributed by atoms with van der Waals surface area (Å²) < 4.78 is 52.5. The third kappa shape index (κ3) is 3.39. The predicted octanol–water partition coefficient (Wildman–Crippen LogP) is 4.73. The van der Waals surface area contributed by atoms with Crippen molar-refractivity contribution in [2.24, 2.45) is 5.73 Å². The second kappa shape index (κ2) is 6.29. The average molecular weight is 366 g/mol. The number of carbonyl (C=O) groups excluding carboxylic acids is 1. The van der Waals surface area contributed by atoms with Gasteiger partial charge in [0.15, 0.2) is 5.01 Å². The van der Waals surface area contributed by atoms with Crippen LogP contribution >= 0.6 is 11.3 Å². The van der Waals surface area contributed by atoms with E-state index in [0.29, 0.717) is 16.5 Å². The molecule has 0 saturated carbocycles. The topological polar surface area (TPSA) is 56.0 Å². The number of benzene rings is 2. The van der Waals surface area contributed by atoms with Gasteiger partial charge >= 0.3 is 6.18 Å². The first-order chi connectivity index (χ1) is 11.8. The van der Waals surface area contributed by atoms with Crippen LogP contribution < -0.4 is 5.73 Å². The molecule has 0 saturated heterocycles. The van der Waals surface area contributed by atoms with Crippen molar-refractivity contribution in [1.82, 2.24) is 4.98 Å². The van der Waals surface area contributed by atoms with Crippen molar-refractivity contribution in [3.05, 3.63) is 64.9 Å². The van der Waals surface area contributed by atoms with Crippen LogP contribution in [0.15, 0.2) is 48.5 Å². The molecular formula is C17H10F4N2OS. The molecule has 0 unspecified atom stereocenters. The number of carbonyl (C=O) groups is 1. The molecule has 0 spiro atoms. The highest BCUT2D eigenvalue weighted by Gasteiger charge is 2.32. The van der Waals surface area contributed by atoms with Crippen LogP contribution in [0.4, 0.5) is 17.6 Å². The van der Waals surface area contributed by atoms with Crippen LogP contribution in [0.5, 0.6) is 0 Å². The third-order valence-electron chi connectivity index (χ3n) is 3.43. The van der Waals surface area contributed by atoms with Crippen molar-refractivity contribution >= 4 is 17.2 Å². The molecule has 1 amide bonds. The molecule has 3 aromatic rings. The molecule has 1 aromatic heterocycles. The summed E-state index contributed by atoms with van der Waals surface area (Å²) in [4.78, 5) is 15.9. The number of amides is 1. The number of halogens is 4. The minimum Gasteiger partial charge on any atom is -0.364 e. The minimum absolute atomic E-state index is 0.0480. The van der Waals surface area contributed by atoms with Gasteiger partial charge in [0, 0.05) is 5.56 Å². The van der Waals surface area contributed by atoms with Crippen molar-refractivity contribution < 1.29 is 22.4 Å². The number of nitrogens with two attached hydrogens (primary N) is 1. The van der Waals surface area contributed by atoms with Gasteiger partial charge in [-0.05, 0) is 23.8 Å². The molecule has 128 valence electrons. The fraction of sp³-hybridized carbons (Fsp3) is 0.0588. The van der Waals surface area contributed by atoms with Crippen molar-refractivity contribution in [1.29, 1.82) is 0 Å². The summed E-state index contributed by atoms with van der Waals surface area (Å²) in [7, 11) is 0. The highest BCUT2D eigenvalue weighted by Crippen LogP contribution is 2.39. The Morgan fingerprint density at radius 2 is 1.76 bits per heavy atom. The zero-order valence-corrected chi connectivity index (χ0v) is 13.3. The van der Waals surface area contributed by atoms with Gasteiger partial charge in [0.1, 0.15) is 5.82 Å². The number of hydrogen-bond donors (Lipinski definition) is 1. The van der Waals surface area contributed by atoms with Gasteiger partial charge in [0.05, 0.1) is 16.1 Å². The van der Waals surface area contributed by atoms with Gasteiger partial charge in [-0.2, -0.15) is 13.2 Å². The number of primary amides is 1. The highest BCUT2D eigenvalue weighted by molar-refractivity contribution is 7.17. The highest BCUT2D eigenvalue weighted by atomic mass is 32.1. The Morgan fingerprint density at radius 3 is 2.32 bits per heavy atom. The summed E-state index contributed by atoms with van der Waals surface area (Å²) in [5, 5.41) is -0.0480. The van der Waals surface area contributed by atoms with Gasteiger partial charge in [-0.3, -0.25) is 4.79 Å². The Bertz CT molecular complexity index is 936. The van der Waals surface area contributed by atoms with E-state index in [2.05, 4.69) is 4.98 Å². The van der Waals surface area contributed by atoms with Crippen LogP contribution in [0.1, 0.15) is 15.4 Å². The standard InChI is InChI=1S/C17H10F4N2OS/c18-12-8-10(17(19,20)21)6-7-11(12)13-14(9-4-2-1-3-5-9)25-16(23-13)15(22)24/h1-8H,(H2,22,24). The van der Waals surface area contributed by atoms with Gasteiger partial charge in [-0.1, -0.05) is 30.3 Å². The maximum Gasteiger partial charge on any atom is 0.416 e. The predicted molar refractivity (Wildman–Crippen MR) is 86.5 cm³/mol. The molecule has 0 aliphatic rings. The van der Waals surface area contributed by atoms with Crippen molar-refractivity contribution in [2.45, 2.75) is 6.18 Å². The molecule has 0 bridgehead atoms. The SMILES string of the molecule is NC(=O)c1nc(-c2ccc(C(F)(F)F)cc2F)c(-c2ccccc2)s1. The Hall–Kier alpha value is -2.74. The van der Waals surface area contributed by atoms with E-state index < -0.39 is 23.5 Å². The minimum atomic E-state index is -4.65. The number of hydrogen-bond acceptors (Lipinski definition) is 3. The summed E-state index contributed by atoms with van der Waals surface area (Å²) >= 11 is 0.959.